The van der Waals surface area contributed by atoms with E-state index in [0.29, 0.717) is 12.1 Å². The van der Waals surface area contributed by atoms with Crippen LogP contribution in [0.15, 0.2) is 24.3 Å². The van der Waals surface area contributed by atoms with Crippen LogP contribution >= 0.6 is 0 Å². The fraction of sp³-hybridized carbons (Fsp3) is 0.588. The van der Waals surface area contributed by atoms with Crippen LogP contribution in [-0.2, 0) is 16.1 Å². The highest BCUT2D eigenvalue weighted by Gasteiger charge is 2.24. The van der Waals surface area contributed by atoms with Crippen LogP contribution in [0.1, 0.15) is 26.3 Å². The summed E-state index contributed by atoms with van der Waals surface area (Å²) < 4.78 is 6.12. The van der Waals surface area contributed by atoms with E-state index in [4.69, 9.17) is 14.8 Å². The third kappa shape index (κ3) is 6.61. The van der Waals surface area contributed by atoms with Crippen LogP contribution in [0.3, 0.4) is 0 Å². The maximum absolute atomic E-state index is 11.6. The number of hydrogen-bond acceptors (Lipinski definition) is 5. The number of hydrogen-bond donors (Lipinski definition) is 3. The number of likely N-dealkylation sites (N-methyl/N-ethyl adjacent to an activating group) is 2. The predicted molar refractivity (Wildman–Crippen MR) is 95.7 cm³/mol. The van der Waals surface area contributed by atoms with Crippen molar-refractivity contribution in [1.29, 1.82) is 0 Å². The molecule has 0 heterocycles. The van der Waals surface area contributed by atoms with E-state index in [2.05, 4.69) is 19.2 Å². The summed E-state index contributed by atoms with van der Waals surface area (Å²) in [5.74, 6) is -0.219. The molecule has 0 amide bonds. The van der Waals surface area contributed by atoms with Gasteiger partial charge in [0.1, 0.15) is 19.7 Å². The van der Waals surface area contributed by atoms with E-state index >= 15 is 0 Å². The molecular weight excluding hydrogens is 307 g/mol. The van der Waals surface area contributed by atoms with Gasteiger partial charge in [-0.3, -0.25) is 4.79 Å². The Kier molecular flexibility index (Phi) is 8.99. The summed E-state index contributed by atoms with van der Waals surface area (Å²) in [4.78, 5) is 11.6. The van der Waals surface area contributed by atoms with Gasteiger partial charge in [-0.05, 0) is 25.9 Å². The van der Waals surface area contributed by atoms with Gasteiger partial charge in [0.05, 0.1) is 19.6 Å². The number of benzene rings is 1. The first-order chi connectivity index (χ1) is 11.5. The standard InChI is InChI=1S/C17H30BN2O4/c1-4-19-13-17(21)24-12-11-20(5-2,6-3)14-15-7-9-16(10-8-15)18(22)23/h7-10,19,22-23H,4-6,11-14H2,1-3H3/q+1. The van der Waals surface area contributed by atoms with Gasteiger partial charge in [0.15, 0.2) is 0 Å². The number of quaternary nitrogens is 1. The first-order valence-electron chi connectivity index (χ1n) is 8.62. The van der Waals surface area contributed by atoms with Gasteiger partial charge in [-0.1, -0.05) is 31.2 Å². The molecule has 6 nitrogen and oxygen atoms in total. The Morgan fingerprint density at radius 2 is 1.79 bits per heavy atom. The highest BCUT2D eigenvalue weighted by atomic mass is 16.5. The van der Waals surface area contributed by atoms with Gasteiger partial charge in [0, 0.05) is 5.56 Å². The lowest BCUT2D eigenvalue weighted by atomic mass is 9.80. The van der Waals surface area contributed by atoms with Gasteiger partial charge in [0.25, 0.3) is 0 Å². The van der Waals surface area contributed by atoms with E-state index in [-0.39, 0.29) is 12.5 Å². The van der Waals surface area contributed by atoms with E-state index in [1.54, 1.807) is 12.1 Å². The van der Waals surface area contributed by atoms with Crippen molar-refractivity contribution in [2.24, 2.45) is 0 Å². The van der Waals surface area contributed by atoms with Gasteiger partial charge in [-0.15, -0.1) is 0 Å². The molecule has 7 heteroatoms. The van der Waals surface area contributed by atoms with Crippen LogP contribution in [0, 0.1) is 0 Å². The van der Waals surface area contributed by atoms with Crippen molar-refractivity contribution in [2.75, 3.05) is 39.3 Å². The summed E-state index contributed by atoms with van der Waals surface area (Å²) in [6.07, 6.45) is 0. The molecule has 0 aliphatic heterocycles. The first kappa shape index (κ1) is 20.6. The van der Waals surface area contributed by atoms with Crippen LogP contribution in [0.5, 0.6) is 0 Å². The van der Waals surface area contributed by atoms with Crippen molar-refractivity contribution in [2.45, 2.75) is 27.3 Å². The van der Waals surface area contributed by atoms with E-state index in [0.717, 1.165) is 42.8 Å². The van der Waals surface area contributed by atoms with Crippen molar-refractivity contribution in [3.8, 4) is 0 Å². The highest BCUT2D eigenvalue weighted by molar-refractivity contribution is 6.58. The molecule has 1 rings (SSSR count). The molecule has 0 saturated carbocycles. The maximum Gasteiger partial charge on any atom is 0.488 e. The van der Waals surface area contributed by atoms with Crippen molar-refractivity contribution in [1.82, 2.24) is 5.32 Å². The van der Waals surface area contributed by atoms with Crippen LogP contribution in [0.4, 0.5) is 0 Å². The van der Waals surface area contributed by atoms with Crippen LogP contribution < -0.4 is 10.8 Å². The second kappa shape index (κ2) is 10.5. The lowest BCUT2D eigenvalue weighted by Gasteiger charge is -2.36. The fourth-order valence-electron chi connectivity index (χ4n) is 2.66. The Balaban J connectivity index is 2.61. The van der Waals surface area contributed by atoms with E-state index in [1.807, 2.05) is 19.1 Å². The van der Waals surface area contributed by atoms with Gasteiger partial charge in [-0.2, -0.15) is 0 Å². The topological polar surface area (TPSA) is 78.8 Å². The summed E-state index contributed by atoms with van der Waals surface area (Å²) in [5, 5.41) is 21.3. The molecule has 0 aliphatic rings. The third-order valence-electron chi connectivity index (χ3n) is 4.49. The van der Waals surface area contributed by atoms with Gasteiger partial charge in [-0.25, -0.2) is 0 Å². The molecule has 134 valence electrons. The molecular formula is C17H30BN2O4+. The Morgan fingerprint density at radius 3 is 2.29 bits per heavy atom. The SMILES string of the molecule is CCNCC(=O)OCC[N+](CC)(CC)Cc1ccc(B(O)O)cc1. The number of carbonyl (C=O) groups excluding carboxylic acids is 1. The number of rotatable bonds is 11. The Bertz CT molecular complexity index is 490. The molecule has 1 aromatic rings. The zero-order valence-electron chi connectivity index (χ0n) is 15.0. The second-order valence-corrected chi connectivity index (χ2v) is 5.97. The zero-order chi connectivity index (χ0) is 18.0. The average molecular weight is 337 g/mol. The van der Waals surface area contributed by atoms with Crippen molar-refractivity contribution in [3.63, 3.8) is 0 Å². The minimum Gasteiger partial charge on any atom is -0.459 e. The van der Waals surface area contributed by atoms with Crippen molar-refractivity contribution < 1.29 is 24.1 Å². The molecule has 24 heavy (non-hydrogen) atoms. The zero-order valence-corrected chi connectivity index (χ0v) is 15.0. The molecule has 3 N–H and O–H groups in total. The third-order valence-corrected chi connectivity index (χ3v) is 4.49. The average Bonchev–Trinajstić information content (AvgIpc) is 2.59. The van der Waals surface area contributed by atoms with Crippen molar-refractivity contribution >= 4 is 18.6 Å². The molecule has 0 atom stereocenters. The summed E-state index contributed by atoms with van der Waals surface area (Å²) >= 11 is 0. The number of nitrogens with one attached hydrogen (secondary N) is 1. The monoisotopic (exact) mass is 337 g/mol. The quantitative estimate of drug-likeness (QED) is 0.298. The molecule has 0 saturated heterocycles. The fourth-order valence-corrected chi connectivity index (χ4v) is 2.66. The molecule has 0 fully saturated rings. The molecule has 0 unspecified atom stereocenters. The Hall–Kier alpha value is -1.41. The Morgan fingerprint density at radius 1 is 1.17 bits per heavy atom. The van der Waals surface area contributed by atoms with Gasteiger partial charge >= 0.3 is 13.1 Å². The van der Waals surface area contributed by atoms with E-state index in [1.165, 1.54) is 0 Å². The smallest absolute Gasteiger partial charge is 0.459 e. The minimum atomic E-state index is -1.44. The van der Waals surface area contributed by atoms with Crippen LogP contribution in [0.2, 0.25) is 0 Å². The van der Waals surface area contributed by atoms with E-state index < -0.39 is 7.12 Å². The minimum absolute atomic E-state index is 0.219. The maximum atomic E-state index is 11.6. The summed E-state index contributed by atoms with van der Waals surface area (Å²) in [7, 11) is -1.44. The van der Waals surface area contributed by atoms with E-state index in [9.17, 15) is 4.79 Å². The summed E-state index contributed by atoms with van der Waals surface area (Å²) in [6, 6.07) is 7.31. The predicted octanol–water partition coefficient (Wildman–Crippen LogP) is -0.124. The van der Waals surface area contributed by atoms with Gasteiger partial charge < -0.3 is 24.6 Å². The Labute approximate surface area is 145 Å². The van der Waals surface area contributed by atoms with Crippen LogP contribution in [0.25, 0.3) is 0 Å². The number of nitrogens with zero attached hydrogens (tertiary/aromatic N) is 1. The number of esters is 1. The molecule has 1 aromatic carbocycles. The van der Waals surface area contributed by atoms with Crippen molar-refractivity contribution in [3.05, 3.63) is 29.8 Å². The normalized spacial score (nSPS) is 11.4. The van der Waals surface area contributed by atoms with Crippen LogP contribution in [-0.4, -0.2) is 66.9 Å². The largest absolute Gasteiger partial charge is 0.488 e. The summed E-state index contributed by atoms with van der Waals surface area (Å²) in [5.41, 5.74) is 1.62. The molecule has 0 spiro atoms. The molecule has 0 aliphatic carbocycles. The first-order valence-corrected chi connectivity index (χ1v) is 8.62. The van der Waals surface area contributed by atoms with Gasteiger partial charge in [0.2, 0.25) is 0 Å². The molecule has 0 radical (unpaired) electrons. The highest BCUT2D eigenvalue weighted by Crippen LogP contribution is 2.14. The lowest BCUT2D eigenvalue weighted by molar-refractivity contribution is -0.937. The molecule has 0 aromatic heterocycles. The number of ether oxygens (including phenoxy) is 1. The number of carbonyl (C=O) groups is 1. The lowest BCUT2D eigenvalue weighted by Crippen LogP contribution is -2.49. The summed E-state index contributed by atoms with van der Waals surface area (Å²) in [6.45, 7) is 11.1. The second-order valence-electron chi connectivity index (χ2n) is 5.97. The molecule has 0 bridgehead atoms.